The van der Waals surface area contributed by atoms with Crippen LogP contribution in [0.15, 0.2) is 0 Å². The second kappa shape index (κ2) is 5.86. The lowest BCUT2D eigenvalue weighted by Crippen LogP contribution is -2.43. The highest BCUT2D eigenvalue weighted by molar-refractivity contribution is 4.85. The van der Waals surface area contributed by atoms with Crippen molar-refractivity contribution in [3.63, 3.8) is 0 Å². The molecule has 0 aromatic heterocycles. The Morgan fingerprint density at radius 2 is 1.60 bits per heavy atom. The van der Waals surface area contributed by atoms with Crippen LogP contribution in [0.4, 0.5) is 0 Å². The van der Waals surface area contributed by atoms with Crippen molar-refractivity contribution in [3.8, 4) is 0 Å². The topological polar surface area (TPSA) is 35.2 Å². The first-order valence-electron chi connectivity index (χ1n) is 6.47. The van der Waals surface area contributed by atoms with Crippen LogP contribution in [0.3, 0.4) is 0 Å². The zero-order valence-electron chi connectivity index (χ0n) is 10.6. The molecule has 0 spiro atoms. The quantitative estimate of drug-likeness (QED) is 0.728. The molecule has 0 heterocycles. The van der Waals surface area contributed by atoms with Gasteiger partial charge in [-0.05, 0) is 25.7 Å². The molecule has 1 unspecified atom stereocenters. The average molecular weight is 213 g/mol. The van der Waals surface area contributed by atoms with E-state index in [9.17, 15) is 0 Å². The van der Waals surface area contributed by atoms with Gasteiger partial charge in [0, 0.05) is 6.54 Å². The van der Waals surface area contributed by atoms with Gasteiger partial charge in [-0.2, -0.15) is 0 Å². The molecule has 0 aromatic rings. The highest BCUT2D eigenvalue weighted by Gasteiger charge is 2.32. The summed E-state index contributed by atoms with van der Waals surface area (Å²) in [6, 6.07) is 0. The van der Waals surface area contributed by atoms with E-state index < -0.39 is 0 Å². The van der Waals surface area contributed by atoms with Gasteiger partial charge in [0.15, 0.2) is 0 Å². The molecule has 2 nitrogen and oxygen atoms in total. The van der Waals surface area contributed by atoms with Gasteiger partial charge >= 0.3 is 0 Å². The second-order valence-electron chi connectivity index (χ2n) is 5.37. The van der Waals surface area contributed by atoms with Crippen molar-refractivity contribution >= 4 is 0 Å². The highest BCUT2D eigenvalue weighted by Crippen LogP contribution is 2.31. The Kier molecular flexibility index (Phi) is 5.07. The van der Waals surface area contributed by atoms with E-state index in [2.05, 4.69) is 20.8 Å². The third-order valence-corrected chi connectivity index (χ3v) is 3.76. The van der Waals surface area contributed by atoms with Crippen LogP contribution in [0.1, 0.15) is 59.3 Å². The van der Waals surface area contributed by atoms with E-state index in [-0.39, 0.29) is 5.60 Å². The predicted octanol–water partition coefficient (Wildman–Crippen LogP) is 3.10. The SMILES string of the molecule is CC(C)C(C)OC1(CN)CCCCCC1. The largest absolute Gasteiger partial charge is 0.370 e. The predicted molar refractivity (Wildman–Crippen MR) is 64.9 cm³/mol. The minimum absolute atomic E-state index is 0.0137. The molecule has 2 heteroatoms. The van der Waals surface area contributed by atoms with Gasteiger partial charge < -0.3 is 10.5 Å². The molecule has 1 aliphatic carbocycles. The number of ether oxygens (including phenoxy) is 1. The zero-order valence-corrected chi connectivity index (χ0v) is 10.6. The minimum Gasteiger partial charge on any atom is -0.370 e. The lowest BCUT2D eigenvalue weighted by molar-refractivity contribution is -0.105. The van der Waals surface area contributed by atoms with Gasteiger partial charge in [0.05, 0.1) is 11.7 Å². The molecule has 90 valence electrons. The smallest absolute Gasteiger partial charge is 0.0807 e. The monoisotopic (exact) mass is 213 g/mol. The Morgan fingerprint density at radius 1 is 1.07 bits per heavy atom. The second-order valence-corrected chi connectivity index (χ2v) is 5.37. The Bertz CT molecular complexity index is 171. The van der Waals surface area contributed by atoms with Crippen molar-refractivity contribution in [1.82, 2.24) is 0 Å². The molecule has 1 saturated carbocycles. The lowest BCUT2D eigenvalue weighted by atomic mass is 9.93. The maximum atomic E-state index is 6.24. The lowest BCUT2D eigenvalue weighted by Gasteiger charge is -2.36. The Labute approximate surface area is 94.6 Å². The molecule has 0 amide bonds. The molecule has 0 radical (unpaired) electrons. The molecular formula is C13H27NO. The van der Waals surface area contributed by atoms with E-state index in [4.69, 9.17) is 10.5 Å². The number of hydrogen-bond donors (Lipinski definition) is 1. The summed E-state index contributed by atoms with van der Waals surface area (Å²) < 4.78 is 6.24. The van der Waals surface area contributed by atoms with Crippen molar-refractivity contribution in [3.05, 3.63) is 0 Å². The third-order valence-electron chi connectivity index (χ3n) is 3.76. The van der Waals surface area contributed by atoms with Crippen molar-refractivity contribution in [2.24, 2.45) is 11.7 Å². The van der Waals surface area contributed by atoms with Gasteiger partial charge in [0.2, 0.25) is 0 Å². The third kappa shape index (κ3) is 3.76. The maximum Gasteiger partial charge on any atom is 0.0807 e. The Balaban J connectivity index is 2.57. The summed E-state index contributed by atoms with van der Waals surface area (Å²) in [6.07, 6.45) is 7.89. The molecule has 0 saturated heterocycles. The first kappa shape index (κ1) is 13.0. The Morgan fingerprint density at radius 3 is 2.00 bits per heavy atom. The van der Waals surface area contributed by atoms with Gasteiger partial charge in [-0.15, -0.1) is 0 Å². The van der Waals surface area contributed by atoms with E-state index in [0.717, 1.165) is 12.8 Å². The summed E-state index contributed by atoms with van der Waals surface area (Å²) in [5.74, 6) is 0.580. The zero-order chi connectivity index (χ0) is 11.3. The van der Waals surface area contributed by atoms with Crippen molar-refractivity contribution < 1.29 is 4.74 Å². The molecule has 15 heavy (non-hydrogen) atoms. The average Bonchev–Trinajstić information content (AvgIpc) is 2.44. The van der Waals surface area contributed by atoms with Gasteiger partial charge in [0.25, 0.3) is 0 Å². The molecule has 0 aromatic carbocycles. The van der Waals surface area contributed by atoms with Crippen molar-refractivity contribution in [2.45, 2.75) is 71.0 Å². The highest BCUT2D eigenvalue weighted by atomic mass is 16.5. The van der Waals surface area contributed by atoms with E-state index in [1.165, 1.54) is 25.7 Å². The fourth-order valence-electron chi connectivity index (χ4n) is 2.27. The van der Waals surface area contributed by atoms with Crippen molar-refractivity contribution in [1.29, 1.82) is 0 Å². The minimum atomic E-state index is -0.0137. The van der Waals surface area contributed by atoms with E-state index >= 15 is 0 Å². The van der Waals surface area contributed by atoms with Crippen LogP contribution >= 0.6 is 0 Å². The van der Waals surface area contributed by atoms with Crippen LogP contribution in [-0.2, 0) is 4.74 Å². The maximum absolute atomic E-state index is 6.24. The summed E-state index contributed by atoms with van der Waals surface area (Å²) in [6.45, 7) is 7.29. The summed E-state index contributed by atoms with van der Waals surface area (Å²) in [5.41, 5.74) is 5.92. The van der Waals surface area contributed by atoms with Crippen LogP contribution in [0.5, 0.6) is 0 Å². The van der Waals surface area contributed by atoms with Crippen LogP contribution in [0, 0.1) is 5.92 Å². The van der Waals surface area contributed by atoms with Crippen molar-refractivity contribution in [2.75, 3.05) is 6.54 Å². The van der Waals surface area contributed by atoms with Crippen LogP contribution in [0.25, 0.3) is 0 Å². The number of nitrogens with two attached hydrogens (primary N) is 1. The first-order chi connectivity index (χ1) is 7.09. The van der Waals surface area contributed by atoms with Gasteiger partial charge in [-0.25, -0.2) is 0 Å². The number of rotatable bonds is 4. The molecule has 1 rings (SSSR count). The van der Waals surface area contributed by atoms with E-state index in [1.54, 1.807) is 0 Å². The number of hydrogen-bond acceptors (Lipinski definition) is 2. The summed E-state index contributed by atoms with van der Waals surface area (Å²) in [5, 5.41) is 0. The first-order valence-corrected chi connectivity index (χ1v) is 6.47. The van der Waals surface area contributed by atoms with Crippen LogP contribution in [-0.4, -0.2) is 18.2 Å². The Hall–Kier alpha value is -0.0800. The summed E-state index contributed by atoms with van der Waals surface area (Å²) in [4.78, 5) is 0. The molecule has 1 fully saturated rings. The fraction of sp³-hybridized carbons (Fsp3) is 1.00. The van der Waals surface area contributed by atoms with E-state index in [0.29, 0.717) is 18.6 Å². The summed E-state index contributed by atoms with van der Waals surface area (Å²) in [7, 11) is 0. The molecule has 0 bridgehead atoms. The van der Waals surface area contributed by atoms with Crippen LogP contribution in [0.2, 0.25) is 0 Å². The van der Waals surface area contributed by atoms with E-state index in [1.807, 2.05) is 0 Å². The standard InChI is InChI=1S/C13H27NO/c1-11(2)12(3)15-13(10-14)8-6-4-5-7-9-13/h11-12H,4-10,14H2,1-3H3. The van der Waals surface area contributed by atoms with Gasteiger partial charge in [0.1, 0.15) is 0 Å². The molecule has 0 aliphatic heterocycles. The van der Waals surface area contributed by atoms with Gasteiger partial charge in [-0.1, -0.05) is 39.5 Å². The van der Waals surface area contributed by atoms with Gasteiger partial charge in [-0.3, -0.25) is 0 Å². The molecule has 1 atom stereocenters. The summed E-state index contributed by atoms with van der Waals surface area (Å²) >= 11 is 0. The molecule has 1 aliphatic rings. The molecular weight excluding hydrogens is 186 g/mol. The fourth-order valence-corrected chi connectivity index (χ4v) is 2.27. The molecule has 2 N–H and O–H groups in total. The van der Waals surface area contributed by atoms with Crippen LogP contribution < -0.4 is 5.73 Å². The normalized spacial score (nSPS) is 23.8.